The molecule has 1 aromatic heterocycles. The van der Waals surface area contributed by atoms with Gasteiger partial charge in [-0.1, -0.05) is 0 Å². The van der Waals surface area contributed by atoms with Gasteiger partial charge in [0, 0.05) is 37.1 Å². The molecule has 16 heavy (non-hydrogen) atoms. The van der Waals surface area contributed by atoms with E-state index in [0.717, 1.165) is 24.4 Å². The SMILES string of the molecule is CC1=NN(C)CCC1c1ccc(C#N)cn1. The van der Waals surface area contributed by atoms with Crippen molar-refractivity contribution in [1.82, 2.24) is 9.99 Å². The number of nitrogens with zero attached hydrogens (tertiary/aromatic N) is 4. The molecule has 1 aromatic rings. The van der Waals surface area contributed by atoms with Crippen molar-refractivity contribution in [1.29, 1.82) is 5.26 Å². The van der Waals surface area contributed by atoms with Gasteiger partial charge in [-0.25, -0.2) is 0 Å². The van der Waals surface area contributed by atoms with Crippen LogP contribution in [-0.4, -0.2) is 29.3 Å². The maximum Gasteiger partial charge on any atom is 0.101 e. The van der Waals surface area contributed by atoms with Crippen LogP contribution in [0.4, 0.5) is 0 Å². The first-order valence-electron chi connectivity index (χ1n) is 5.33. The van der Waals surface area contributed by atoms with Gasteiger partial charge in [-0.05, 0) is 25.5 Å². The molecule has 4 nitrogen and oxygen atoms in total. The lowest BCUT2D eigenvalue weighted by molar-refractivity contribution is 0.323. The normalized spacial score (nSPS) is 20.2. The van der Waals surface area contributed by atoms with Crippen LogP contribution in [0.5, 0.6) is 0 Å². The van der Waals surface area contributed by atoms with E-state index in [0.29, 0.717) is 11.5 Å². The highest BCUT2D eigenvalue weighted by Gasteiger charge is 2.21. The van der Waals surface area contributed by atoms with E-state index in [1.807, 2.05) is 31.1 Å². The summed E-state index contributed by atoms with van der Waals surface area (Å²) in [6.45, 7) is 2.98. The van der Waals surface area contributed by atoms with Crippen molar-refractivity contribution in [2.24, 2.45) is 5.10 Å². The predicted molar refractivity (Wildman–Crippen MR) is 62.0 cm³/mol. The first-order valence-corrected chi connectivity index (χ1v) is 5.33. The Balaban J connectivity index is 2.25. The fourth-order valence-electron chi connectivity index (χ4n) is 1.95. The number of rotatable bonds is 1. The summed E-state index contributed by atoms with van der Waals surface area (Å²) in [7, 11) is 1.98. The van der Waals surface area contributed by atoms with Crippen LogP contribution in [0.15, 0.2) is 23.4 Å². The highest BCUT2D eigenvalue weighted by atomic mass is 15.4. The van der Waals surface area contributed by atoms with Crippen LogP contribution in [-0.2, 0) is 0 Å². The van der Waals surface area contributed by atoms with Crippen molar-refractivity contribution < 1.29 is 0 Å². The minimum absolute atomic E-state index is 0.295. The molecule has 1 atom stereocenters. The van der Waals surface area contributed by atoms with Crippen molar-refractivity contribution in [2.45, 2.75) is 19.3 Å². The Hall–Kier alpha value is -1.89. The summed E-state index contributed by atoms with van der Waals surface area (Å²) in [5.41, 5.74) is 2.70. The molecule has 0 amide bonds. The highest BCUT2D eigenvalue weighted by molar-refractivity contribution is 5.88. The Kier molecular flexibility index (Phi) is 2.86. The molecule has 2 heterocycles. The van der Waals surface area contributed by atoms with Crippen LogP contribution < -0.4 is 0 Å². The first kappa shape index (κ1) is 10.6. The molecule has 4 heteroatoms. The van der Waals surface area contributed by atoms with Gasteiger partial charge in [0.2, 0.25) is 0 Å². The zero-order valence-electron chi connectivity index (χ0n) is 9.51. The fraction of sp³-hybridized carbons (Fsp3) is 0.417. The molecule has 0 aromatic carbocycles. The lowest BCUT2D eigenvalue weighted by Crippen LogP contribution is -2.27. The third kappa shape index (κ3) is 2.03. The summed E-state index contributed by atoms with van der Waals surface area (Å²) in [4.78, 5) is 4.33. The van der Waals surface area contributed by atoms with Gasteiger partial charge in [0.05, 0.1) is 5.56 Å². The van der Waals surface area contributed by atoms with Crippen LogP contribution in [0, 0.1) is 11.3 Å². The maximum atomic E-state index is 8.71. The molecule has 0 radical (unpaired) electrons. The molecule has 0 saturated heterocycles. The molecule has 82 valence electrons. The quantitative estimate of drug-likeness (QED) is 0.715. The molecule has 2 rings (SSSR count). The number of hydrazone groups is 1. The van der Waals surface area contributed by atoms with Crippen LogP contribution in [0.2, 0.25) is 0 Å². The van der Waals surface area contributed by atoms with Gasteiger partial charge >= 0.3 is 0 Å². The van der Waals surface area contributed by atoms with Gasteiger partial charge in [0.15, 0.2) is 0 Å². The van der Waals surface area contributed by atoms with Crippen LogP contribution in [0.3, 0.4) is 0 Å². The highest BCUT2D eigenvalue weighted by Crippen LogP contribution is 2.23. The minimum atomic E-state index is 0.295. The molecule has 0 fully saturated rings. The van der Waals surface area contributed by atoms with Crippen LogP contribution >= 0.6 is 0 Å². The summed E-state index contributed by atoms with van der Waals surface area (Å²) in [6, 6.07) is 5.81. The Morgan fingerprint density at radius 3 is 2.88 bits per heavy atom. The van der Waals surface area contributed by atoms with Gasteiger partial charge in [-0.15, -0.1) is 0 Å². The molecule has 0 aliphatic carbocycles. The van der Waals surface area contributed by atoms with E-state index >= 15 is 0 Å². The van der Waals surface area contributed by atoms with Crippen molar-refractivity contribution in [3.8, 4) is 6.07 Å². The average molecular weight is 214 g/mol. The Labute approximate surface area is 95.2 Å². The molecule has 0 spiro atoms. The molecule has 0 N–H and O–H groups in total. The molecule has 0 bridgehead atoms. The van der Waals surface area contributed by atoms with E-state index in [4.69, 9.17) is 5.26 Å². The molecule has 1 aliphatic heterocycles. The summed E-state index contributed by atoms with van der Waals surface area (Å²) in [6.07, 6.45) is 2.66. The fourth-order valence-corrected chi connectivity index (χ4v) is 1.95. The van der Waals surface area contributed by atoms with E-state index in [1.165, 1.54) is 0 Å². The molecular weight excluding hydrogens is 200 g/mol. The maximum absolute atomic E-state index is 8.71. The van der Waals surface area contributed by atoms with Gasteiger partial charge in [-0.2, -0.15) is 10.4 Å². The van der Waals surface area contributed by atoms with Gasteiger partial charge < -0.3 is 5.01 Å². The second kappa shape index (κ2) is 4.31. The zero-order valence-corrected chi connectivity index (χ0v) is 9.51. The van der Waals surface area contributed by atoms with E-state index in [-0.39, 0.29) is 0 Å². The molecule has 0 saturated carbocycles. The average Bonchev–Trinajstić information content (AvgIpc) is 2.29. The third-order valence-electron chi connectivity index (χ3n) is 2.85. The van der Waals surface area contributed by atoms with Crippen molar-refractivity contribution in [3.05, 3.63) is 29.6 Å². The van der Waals surface area contributed by atoms with Crippen LogP contribution in [0.1, 0.15) is 30.5 Å². The molecular formula is C12H14N4. The number of pyridine rings is 1. The van der Waals surface area contributed by atoms with E-state index < -0.39 is 0 Å². The summed E-state index contributed by atoms with van der Waals surface area (Å²) in [5.74, 6) is 0.295. The molecule has 1 unspecified atom stereocenters. The second-order valence-corrected chi connectivity index (χ2v) is 4.05. The van der Waals surface area contributed by atoms with Gasteiger partial charge in [-0.3, -0.25) is 4.98 Å². The smallest absolute Gasteiger partial charge is 0.101 e. The van der Waals surface area contributed by atoms with Crippen molar-refractivity contribution in [3.63, 3.8) is 0 Å². The van der Waals surface area contributed by atoms with Gasteiger partial charge in [0.1, 0.15) is 6.07 Å². The zero-order chi connectivity index (χ0) is 11.5. The summed E-state index contributed by atoms with van der Waals surface area (Å²) in [5, 5.41) is 15.1. The topological polar surface area (TPSA) is 52.3 Å². The van der Waals surface area contributed by atoms with E-state index in [2.05, 4.69) is 16.2 Å². The van der Waals surface area contributed by atoms with Gasteiger partial charge in [0.25, 0.3) is 0 Å². The second-order valence-electron chi connectivity index (χ2n) is 4.05. The standard InChI is InChI=1S/C12H14N4/c1-9-11(5-6-16(2)15-9)12-4-3-10(7-13)8-14-12/h3-4,8,11H,5-6H2,1-2H3. The third-order valence-corrected chi connectivity index (χ3v) is 2.85. The summed E-state index contributed by atoms with van der Waals surface area (Å²) < 4.78 is 0. The lowest BCUT2D eigenvalue weighted by atomic mass is 9.94. The predicted octanol–water partition coefficient (Wildman–Crippen LogP) is 1.75. The number of hydrogen-bond acceptors (Lipinski definition) is 4. The van der Waals surface area contributed by atoms with Crippen molar-refractivity contribution in [2.75, 3.05) is 13.6 Å². The van der Waals surface area contributed by atoms with Crippen molar-refractivity contribution >= 4 is 5.71 Å². The number of nitriles is 1. The first-order chi connectivity index (χ1) is 7.70. The number of hydrogen-bond donors (Lipinski definition) is 0. The van der Waals surface area contributed by atoms with E-state index in [9.17, 15) is 0 Å². The summed E-state index contributed by atoms with van der Waals surface area (Å²) >= 11 is 0. The Morgan fingerprint density at radius 1 is 1.50 bits per heavy atom. The minimum Gasteiger partial charge on any atom is -0.300 e. The number of aromatic nitrogens is 1. The Morgan fingerprint density at radius 2 is 2.31 bits per heavy atom. The lowest BCUT2D eigenvalue weighted by Gasteiger charge is -2.26. The Bertz CT molecular complexity index is 441. The molecule has 1 aliphatic rings. The van der Waals surface area contributed by atoms with E-state index in [1.54, 1.807) is 6.20 Å². The van der Waals surface area contributed by atoms with Crippen LogP contribution in [0.25, 0.3) is 0 Å². The largest absolute Gasteiger partial charge is 0.300 e. The monoisotopic (exact) mass is 214 g/mol.